The van der Waals surface area contributed by atoms with Crippen LogP contribution >= 0.6 is 0 Å². The number of carbonyl (C=O) groups excluding carboxylic acids is 1. The van der Waals surface area contributed by atoms with Gasteiger partial charge < -0.3 is 9.64 Å². The summed E-state index contributed by atoms with van der Waals surface area (Å²) in [4.78, 5) is 15.4. The number of amides is 1. The van der Waals surface area contributed by atoms with E-state index in [-0.39, 0.29) is 16.3 Å². The summed E-state index contributed by atoms with van der Waals surface area (Å²) < 4.78 is 48.1. The SMILES string of the molecule is COc1ccc(C)cc1S(=O)(=O)N(CC(=O)N(Cc1ccccc1)Cc1ccccc1)c1ccc(F)cc1. The summed E-state index contributed by atoms with van der Waals surface area (Å²) in [6.07, 6.45) is 0. The maximum atomic E-state index is 14.0. The van der Waals surface area contributed by atoms with E-state index in [2.05, 4.69) is 0 Å². The topological polar surface area (TPSA) is 66.9 Å². The molecular formula is C30H29FN2O4S. The molecule has 4 aromatic carbocycles. The van der Waals surface area contributed by atoms with Gasteiger partial charge in [0, 0.05) is 13.1 Å². The van der Waals surface area contributed by atoms with Gasteiger partial charge in [0.2, 0.25) is 5.91 Å². The molecule has 196 valence electrons. The van der Waals surface area contributed by atoms with E-state index in [1.54, 1.807) is 24.0 Å². The number of hydrogen-bond donors (Lipinski definition) is 0. The predicted octanol–water partition coefficient (Wildman–Crippen LogP) is 5.57. The summed E-state index contributed by atoms with van der Waals surface area (Å²) in [6.45, 7) is 1.87. The molecule has 0 heterocycles. The van der Waals surface area contributed by atoms with Gasteiger partial charge in [-0.15, -0.1) is 0 Å². The molecule has 0 atom stereocenters. The summed E-state index contributed by atoms with van der Waals surface area (Å²) in [7, 11) is -2.88. The Morgan fingerprint density at radius 1 is 0.816 bits per heavy atom. The largest absolute Gasteiger partial charge is 0.495 e. The number of nitrogens with zero attached hydrogens (tertiary/aromatic N) is 2. The summed E-state index contributed by atoms with van der Waals surface area (Å²) in [6, 6.07) is 28.8. The van der Waals surface area contributed by atoms with E-state index < -0.39 is 28.3 Å². The monoisotopic (exact) mass is 532 g/mol. The van der Waals surface area contributed by atoms with E-state index in [9.17, 15) is 17.6 Å². The first-order valence-electron chi connectivity index (χ1n) is 12.1. The van der Waals surface area contributed by atoms with Gasteiger partial charge in [-0.3, -0.25) is 9.10 Å². The minimum Gasteiger partial charge on any atom is -0.495 e. The highest BCUT2D eigenvalue weighted by Gasteiger charge is 2.31. The number of sulfonamides is 1. The lowest BCUT2D eigenvalue weighted by Gasteiger charge is -2.29. The Balaban J connectivity index is 1.74. The Hall–Kier alpha value is -4.17. The molecule has 0 saturated heterocycles. The lowest BCUT2D eigenvalue weighted by molar-refractivity contribution is -0.130. The molecule has 0 spiro atoms. The van der Waals surface area contributed by atoms with Gasteiger partial charge in [0.15, 0.2) is 0 Å². The second kappa shape index (κ2) is 11.9. The molecule has 0 aromatic heterocycles. The van der Waals surface area contributed by atoms with Crippen LogP contribution in [0.2, 0.25) is 0 Å². The number of anilines is 1. The van der Waals surface area contributed by atoms with Crippen LogP contribution in [0.5, 0.6) is 5.75 Å². The highest BCUT2D eigenvalue weighted by atomic mass is 32.2. The Morgan fingerprint density at radius 2 is 1.37 bits per heavy atom. The van der Waals surface area contributed by atoms with Crippen molar-refractivity contribution in [2.75, 3.05) is 18.0 Å². The molecule has 0 aliphatic carbocycles. The number of halogens is 1. The number of hydrogen-bond acceptors (Lipinski definition) is 4. The first kappa shape index (κ1) is 26.9. The number of benzene rings is 4. The Kier molecular flexibility index (Phi) is 8.43. The van der Waals surface area contributed by atoms with Crippen LogP contribution in [0.25, 0.3) is 0 Å². The van der Waals surface area contributed by atoms with Crippen LogP contribution in [0, 0.1) is 12.7 Å². The predicted molar refractivity (Wildman–Crippen MR) is 146 cm³/mol. The van der Waals surface area contributed by atoms with Gasteiger partial charge in [0.05, 0.1) is 12.8 Å². The molecule has 0 bridgehead atoms. The summed E-state index contributed by atoms with van der Waals surface area (Å²) in [5.74, 6) is -0.766. The second-order valence-corrected chi connectivity index (χ2v) is 10.7. The van der Waals surface area contributed by atoms with Gasteiger partial charge in [0.1, 0.15) is 23.0 Å². The third-order valence-electron chi connectivity index (χ3n) is 6.07. The Labute approximate surface area is 223 Å². The third-order valence-corrected chi connectivity index (χ3v) is 7.86. The zero-order chi connectivity index (χ0) is 27.1. The van der Waals surface area contributed by atoms with Crippen molar-refractivity contribution < 1.29 is 22.3 Å². The fourth-order valence-electron chi connectivity index (χ4n) is 4.09. The van der Waals surface area contributed by atoms with E-state index in [1.165, 1.54) is 37.4 Å². The van der Waals surface area contributed by atoms with Crippen LogP contribution in [-0.2, 0) is 27.9 Å². The summed E-state index contributed by atoms with van der Waals surface area (Å²) in [5.41, 5.74) is 2.70. The van der Waals surface area contributed by atoms with Gasteiger partial charge in [-0.25, -0.2) is 12.8 Å². The molecule has 4 aromatic rings. The minimum atomic E-state index is -4.27. The zero-order valence-corrected chi connectivity index (χ0v) is 22.1. The molecule has 0 aliphatic heterocycles. The van der Waals surface area contributed by atoms with E-state index in [4.69, 9.17) is 4.74 Å². The number of aryl methyl sites for hydroxylation is 1. The minimum absolute atomic E-state index is 0.0743. The molecule has 38 heavy (non-hydrogen) atoms. The van der Waals surface area contributed by atoms with Gasteiger partial charge in [-0.05, 0) is 60.0 Å². The van der Waals surface area contributed by atoms with Crippen molar-refractivity contribution in [1.29, 1.82) is 0 Å². The van der Waals surface area contributed by atoms with Gasteiger partial charge in [-0.1, -0.05) is 66.7 Å². The van der Waals surface area contributed by atoms with Gasteiger partial charge >= 0.3 is 0 Å². The van der Waals surface area contributed by atoms with Crippen molar-refractivity contribution in [2.24, 2.45) is 0 Å². The van der Waals surface area contributed by atoms with E-state index in [0.29, 0.717) is 18.7 Å². The number of carbonyl (C=O) groups is 1. The van der Waals surface area contributed by atoms with Crippen molar-refractivity contribution in [3.05, 3.63) is 126 Å². The van der Waals surface area contributed by atoms with E-state index >= 15 is 0 Å². The van der Waals surface area contributed by atoms with Crippen LogP contribution < -0.4 is 9.04 Å². The number of rotatable bonds is 10. The van der Waals surface area contributed by atoms with Crippen LogP contribution in [-0.4, -0.2) is 32.9 Å². The zero-order valence-electron chi connectivity index (χ0n) is 21.2. The van der Waals surface area contributed by atoms with E-state index in [0.717, 1.165) is 15.4 Å². The van der Waals surface area contributed by atoms with Gasteiger partial charge in [0.25, 0.3) is 10.0 Å². The van der Waals surface area contributed by atoms with Crippen LogP contribution in [0.3, 0.4) is 0 Å². The molecule has 4 rings (SSSR count). The van der Waals surface area contributed by atoms with Crippen molar-refractivity contribution in [1.82, 2.24) is 4.90 Å². The lowest BCUT2D eigenvalue weighted by atomic mass is 10.1. The summed E-state index contributed by atoms with van der Waals surface area (Å²) in [5, 5.41) is 0. The van der Waals surface area contributed by atoms with Crippen LogP contribution in [0.4, 0.5) is 10.1 Å². The molecule has 8 heteroatoms. The third kappa shape index (κ3) is 6.39. The van der Waals surface area contributed by atoms with Gasteiger partial charge in [-0.2, -0.15) is 0 Å². The smallest absolute Gasteiger partial charge is 0.268 e. The maximum absolute atomic E-state index is 14.0. The van der Waals surface area contributed by atoms with Crippen LogP contribution in [0.1, 0.15) is 16.7 Å². The molecule has 0 fully saturated rings. The molecular weight excluding hydrogens is 503 g/mol. The molecule has 0 radical (unpaired) electrons. The number of methoxy groups -OCH3 is 1. The first-order chi connectivity index (χ1) is 18.3. The van der Waals surface area contributed by atoms with Crippen molar-refractivity contribution in [2.45, 2.75) is 24.9 Å². The lowest BCUT2D eigenvalue weighted by Crippen LogP contribution is -2.42. The highest BCUT2D eigenvalue weighted by Crippen LogP contribution is 2.31. The fraction of sp³-hybridized carbons (Fsp3) is 0.167. The Morgan fingerprint density at radius 3 is 1.89 bits per heavy atom. The normalized spacial score (nSPS) is 11.1. The van der Waals surface area contributed by atoms with Crippen molar-refractivity contribution in [3.8, 4) is 5.75 Å². The summed E-state index contributed by atoms with van der Waals surface area (Å²) >= 11 is 0. The fourth-order valence-corrected chi connectivity index (χ4v) is 5.75. The van der Waals surface area contributed by atoms with E-state index in [1.807, 2.05) is 60.7 Å². The molecule has 1 amide bonds. The van der Waals surface area contributed by atoms with Crippen LogP contribution in [0.15, 0.2) is 108 Å². The quantitative estimate of drug-likeness (QED) is 0.268. The van der Waals surface area contributed by atoms with Crippen molar-refractivity contribution >= 4 is 21.6 Å². The first-order valence-corrected chi connectivity index (χ1v) is 13.5. The highest BCUT2D eigenvalue weighted by molar-refractivity contribution is 7.93. The van der Waals surface area contributed by atoms with Crippen molar-refractivity contribution in [3.63, 3.8) is 0 Å². The molecule has 6 nitrogen and oxygen atoms in total. The molecule has 0 unspecified atom stereocenters. The average Bonchev–Trinajstić information content (AvgIpc) is 2.93. The molecule has 0 N–H and O–H groups in total. The number of ether oxygens (including phenoxy) is 1. The maximum Gasteiger partial charge on any atom is 0.268 e. The molecule has 0 saturated carbocycles. The Bertz CT molecular complexity index is 1440. The molecule has 0 aliphatic rings. The standard InChI is InChI=1S/C30H29FN2O4S/c1-23-13-18-28(37-2)29(19-23)38(35,36)33(27-16-14-26(31)15-17-27)22-30(34)32(20-24-9-5-3-6-10-24)21-25-11-7-4-8-12-25/h3-19H,20-22H2,1-2H3. The second-order valence-electron chi connectivity index (χ2n) is 8.86. The average molecular weight is 533 g/mol.